The summed E-state index contributed by atoms with van der Waals surface area (Å²) >= 11 is 0. The molecule has 0 aliphatic heterocycles. The molecule has 2 N–H and O–H groups in total. The number of fused-ring (bicyclic) bond motifs is 1. The molecule has 0 amide bonds. The number of hydrogen-bond donors (Lipinski definition) is 2. The molecule has 4 rings (SSSR count). The van der Waals surface area contributed by atoms with Crippen molar-refractivity contribution >= 4 is 22.4 Å². The standard InChI is InChI=1S/C27H36N4O/c1-31(2)25-18-27(30-24-10-6-5-9-23(24)25)29-22-14-12-20(13-15-22)19-28-17-16-21-8-4-7-11-26(21)32-3/h4-11,18,20,22,28H,12-17,19H2,1-3H3,(H,29,30). The fourth-order valence-corrected chi connectivity index (χ4v) is 4.76. The Kier molecular flexibility index (Phi) is 7.48. The largest absolute Gasteiger partial charge is 0.496 e. The summed E-state index contributed by atoms with van der Waals surface area (Å²) in [6, 6.07) is 19.4. The first-order valence-corrected chi connectivity index (χ1v) is 11.8. The lowest BCUT2D eigenvalue weighted by Crippen LogP contribution is -2.32. The molecular formula is C27H36N4O. The zero-order chi connectivity index (χ0) is 22.3. The van der Waals surface area contributed by atoms with Gasteiger partial charge in [-0.1, -0.05) is 36.4 Å². The maximum atomic E-state index is 5.45. The van der Waals surface area contributed by atoms with E-state index >= 15 is 0 Å². The number of nitrogens with one attached hydrogen (secondary N) is 2. The molecule has 0 radical (unpaired) electrons. The van der Waals surface area contributed by atoms with Crippen molar-refractivity contribution in [2.75, 3.05) is 44.5 Å². The number of aromatic nitrogens is 1. The van der Waals surface area contributed by atoms with Gasteiger partial charge in [0.2, 0.25) is 0 Å². The van der Waals surface area contributed by atoms with Gasteiger partial charge in [0.05, 0.1) is 12.6 Å². The highest BCUT2D eigenvalue weighted by Gasteiger charge is 2.21. The van der Waals surface area contributed by atoms with Crippen molar-refractivity contribution in [3.8, 4) is 5.75 Å². The van der Waals surface area contributed by atoms with E-state index in [4.69, 9.17) is 9.72 Å². The topological polar surface area (TPSA) is 49.4 Å². The Hall–Kier alpha value is -2.79. The van der Waals surface area contributed by atoms with Crippen molar-refractivity contribution < 1.29 is 4.74 Å². The third-order valence-electron chi connectivity index (χ3n) is 6.57. The Morgan fingerprint density at radius 2 is 1.75 bits per heavy atom. The minimum absolute atomic E-state index is 0.503. The molecule has 170 valence electrons. The monoisotopic (exact) mass is 432 g/mol. The summed E-state index contributed by atoms with van der Waals surface area (Å²) in [7, 11) is 5.93. The summed E-state index contributed by atoms with van der Waals surface area (Å²) in [5.41, 5.74) is 3.54. The molecule has 5 heteroatoms. The minimum atomic E-state index is 0.503. The maximum absolute atomic E-state index is 5.45. The minimum Gasteiger partial charge on any atom is -0.496 e. The van der Waals surface area contributed by atoms with E-state index in [1.165, 1.54) is 42.3 Å². The van der Waals surface area contributed by atoms with E-state index in [0.717, 1.165) is 42.5 Å². The third kappa shape index (κ3) is 5.52. The molecule has 0 atom stereocenters. The highest BCUT2D eigenvalue weighted by Crippen LogP contribution is 2.30. The lowest BCUT2D eigenvalue weighted by molar-refractivity contribution is 0.325. The van der Waals surface area contributed by atoms with Gasteiger partial charge in [0.15, 0.2) is 0 Å². The van der Waals surface area contributed by atoms with Crippen LogP contribution in [-0.4, -0.2) is 45.3 Å². The number of para-hydroxylation sites is 2. The van der Waals surface area contributed by atoms with Gasteiger partial charge < -0.3 is 20.3 Å². The Morgan fingerprint density at radius 3 is 2.53 bits per heavy atom. The second-order valence-corrected chi connectivity index (χ2v) is 9.07. The van der Waals surface area contributed by atoms with Crippen LogP contribution in [0.1, 0.15) is 31.2 Å². The summed E-state index contributed by atoms with van der Waals surface area (Å²) < 4.78 is 5.45. The van der Waals surface area contributed by atoms with Crippen LogP contribution in [0.2, 0.25) is 0 Å². The van der Waals surface area contributed by atoms with Gasteiger partial charge in [0, 0.05) is 37.3 Å². The first-order valence-electron chi connectivity index (χ1n) is 11.8. The molecule has 0 unspecified atom stereocenters. The predicted octanol–water partition coefficient (Wildman–Crippen LogP) is 5.11. The Morgan fingerprint density at radius 1 is 1.00 bits per heavy atom. The summed E-state index contributed by atoms with van der Waals surface area (Å²) in [4.78, 5) is 7.04. The van der Waals surface area contributed by atoms with Crippen molar-refractivity contribution in [3.63, 3.8) is 0 Å². The number of hydrogen-bond acceptors (Lipinski definition) is 5. The second-order valence-electron chi connectivity index (χ2n) is 9.07. The lowest BCUT2D eigenvalue weighted by Gasteiger charge is -2.30. The highest BCUT2D eigenvalue weighted by atomic mass is 16.5. The van der Waals surface area contributed by atoms with Crippen molar-refractivity contribution in [1.29, 1.82) is 0 Å². The van der Waals surface area contributed by atoms with Crippen LogP contribution in [0, 0.1) is 5.92 Å². The number of anilines is 2. The normalized spacial score (nSPS) is 18.5. The molecular weight excluding hydrogens is 396 g/mol. The van der Waals surface area contributed by atoms with Crippen molar-refractivity contribution in [1.82, 2.24) is 10.3 Å². The van der Waals surface area contributed by atoms with E-state index < -0.39 is 0 Å². The lowest BCUT2D eigenvalue weighted by atomic mass is 9.86. The van der Waals surface area contributed by atoms with Crippen molar-refractivity contribution in [2.24, 2.45) is 5.92 Å². The Labute approximate surface area is 192 Å². The first kappa shape index (κ1) is 22.4. The van der Waals surface area contributed by atoms with E-state index in [1.807, 2.05) is 12.1 Å². The summed E-state index contributed by atoms with van der Waals surface area (Å²) in [6.07, 6.45) is 5.92. The van der Waals surface area contributed by atoms with E-state index in [0.29, 0.717) is 6.04 Å². The fourth-order valence-electron chi connectivity index (χ4n) is 4.76. The van der Waals surface area contributed by atoms with Gasteiger partial charge in [-0.3, -0.25) is 0 Å². The van der Waals surface area contributed by atoms with Gasteiger partial charge in [0.25, 0.3) is 0 Å². The van der Waals surface area contributed by atoms with E-state index in [2.05, 4.69) is 72.1 Å². The average molecular weight is 433 g/mol. The molecule has 32 heavy (non-hydrogen) atoms. The summed E-state index contributed by atoms with van der Waals surface area (Å²) in [5, 5.41) is 8.58. The second kappa shape index (κ2) is 10.7. The predicted molar refractivity (Wildman–Crippen MR) is 135 cm³/mol. The molecule has 1 fully saturated rings. The molecule has 1 aromatic heterocycles. The number of ether oxygens (including phenoxy) is 1. The smallest absolute Gasteiger partial charge is 0.128 e. The number of methoxy groups -OCH3 is 1. The molecule has 1 aliphatic carbocycles. The Bertz CT molecular complexity index is 1010. The number of rotatable bonds is 9. The SMILES string of the molecule is COc1ccccc1CCNCC1CCC(Nc2cc(N(C)C)c3ccccc3n2)CC1. The fraction of sp³-hybridized carbons (Fsp3) is 0.444. The maximum Gasteiger partial charge on any atom is 0.128 e. The average Bonchev–Trinajstić information content (AvgIpc) is 2.82. The van der Waals surface area contributed by atoms with Crippen LogP contribution in [0.5, 0.6) is 5.75 Å². The third-order valence-corrected chi connectivity index (χ3v) is 6.57. The molecule has 0 bridgehead atoms. The zero-order valence-corrected chi connectivity index (χ0v) is 19.6. The van der Waals surface area contributed by atoms with Gasteiger partial charge in [0.1, 0.15) is 11.6 Å². The molecule has 0 saturated heterocycles. The van der Waals surface area contributed by atoms with Gasteiger partial charge >= 0.3 is 0 Å². The molecule has 1 aliphatic rings. The summed E-state index contributed by atoms with van der Waals surface area (Å²) in [6.45, 7) is 2.09. The molecule has 5 nitrogen and oxygen atoms in total. The molecule has 3 aromatic rings. The number of benzene rings is 2. The molecule has 2 aromatic carbocycles. The van der Waals surface area contributed by atoms with E-state index in [9.17, 15) is 0 Å². The highest BCUT2D eigenvalue weighted by molar-refractivity contribution is 5.93. The zero-order valence-electron chi connectivity index (χ0n) is 19.6. The van der Waals surface area contributed by atoms with Gasteiger partial charge in [-0.2, -0.15) is 0 Å². The Balaban J connectivity index is 1.25. The molecule has 1 heterocycles. The van der Waals surface area contributed by atoms with Crippen LogP contribution in [0.3, 0.4) is 0 Å². The number of pyridine rings is 1. The van der Waals surface area contributed by atoms with Gasteiger partial charge in [-0.05, 0) is 68.8 Å². The van der Waals surface area contributed by atoms with Crippen LogP contribution in [-0.2, 0) is 6.42 Å². The van der Waals surface area contributed by atoms with Gasteiger partial charge in [-0.25, -0.2) is 4.98 Å². The van der Waals surface area contributed by atoms with Gasteiger partial charge in [-0.15, -0.1) is 0 Å². The molecule has 0 spiro atoms. The summed E-state index contributed by atoms with van der Waals surface area (Å²) in [5.74, 6) is 2.74. The van der Waals surface area contributed by atoms with Crippen LogP contribution >= 0.6 is 0 Å². The van der Waals surface area contributed by atoms with Crippen molar-refractivity contribution in [2.45, 2.75) is 38.1 Å². The van der Waals surface area contributed by atoms with Crippen LogP contribution in [0.15, 0.2) is 54.6 Å². The van der Waals surface area contributed by atoms with Crippen LogP contribution in [0.4, 0.5) is 11.5 Å². The first-order chi connectivity index (χ1) is 15.6. The van der Waals surface area contributed by atoms with E-state index in [-0.39, 0.29) is 0 Å². The van der Waals surface area contributed by atoms with E-state index in [1.54, 1.807) is 7.11 Å². The molecule has 1 saturated carbocycles. The van der Waals surface area contributed by atoms with Crippen LogP contribution in [0.25, 0.3) is 10.9 Å². The number of nitrogens with zero attached hydrogens (tertiary/aromatic N) is 2. The van der Waals surface area contributed by atoms with Crippen molar-refractivity contribution in [3.05, 3.63) is 60.2 Å². The quantitative estimate of drug-likeness (QED) is 0.460. The van der Waals surface area contributed by atoms with Crippen LogP contribution < -0.4 is 20.3 Å².